The Hall–Kier alpha value is -0.470. The Morgan fingerprint density at radius 2 is 2.31 bits per heavy atom. The highest BCUT2D eigenvalue weighted by Crippen LogP contribution is 2.36. The molecule has 1 heterocycles. The first-order chi connectivity index (χ1) is 6.31. The van der Waals surface area contributed by atoms with Gasteiger partial charge in [-0.1, -0.05) is 12.1 Å². The normalized spacial score (nSPS) is 21.2. The quantitative estimate of drug-likeness (QED) is 0.736. The van der Waals surface area contributed by atoms with E-state index in [4.69, 9.17) is 0 Å². The first-order valence-electron chi connectivity index (χ1n) is 4.72. The molecule has 0 saturated carbocycles. The van der Waals surface area contributed by atoms with Crippen LogP contribution in [0.15, 0.2) is 23.1 Å². The second-order valence-electron chi connectivity index (χ2n) is 3.52. The summed E-state index contributed by atoms with van der Waals surface area (Å²) in [7, 11) is 2.05. The summed E-state index contributed by atoms with van der Waals surface area (Å²) >= 11 is 1.98. The molecular formula is C11H15NS. The Morgan fingerprint density at radius 3 is 3.08 bits per heavy atom. The number of hydrogen-bond acceptors (Lipinski definition) is 2. The number of benzene rings is 1. The minimum Gasteiger partial charge on any atom is -0.313 e. The van der Waals surface area contributed by atoms with Crippen molar-refractivity contribution in [3.8, 4) is 0 Å². The van der Waals surface area contributed by atoms with Crippen molar-refractivity contribution in [3.63, 3.8) is 0 Å². The minimum atomic E-state index is 0.567. The van der Waals surface area contributed by atoms with Gasteiger partial charge in [-0.05, 0) is 43.3 Å². The lowest BCUT2D eigenvalue weighted by atomic mass is 10.0. The standard InChI is InChI=1S/C11H15NS/c1-8-3-4-9-10(12-2)5-6-13-11(9)7-8/h3-4,7,10,12H,5-6H2,1-2H3. The van der Waals surface area contributed by atoms with E-state index in [0.29, 0.717) is 6.04 Å². The third kappa shape index (κ3) is 1.74. The smallest absolute Gasteiger partial charge is 0.0336 e. The molecule has 1 aromatic carbocycles. The van der Waals surface area contributed by atoms with Crippen LogP contribution in [0.5, 0.6) is 0 Å². The van der Waals surface area contributed by atoms with Gasteiger partial charge in [0.05, 0.1) is 0 Å². The van der Waals surface area contributed by atoms with E-state index in [1.54, 1.807) is 0 Å². The summed E-state index contributed by atoms with van der Waals surface area (Å²) in [6.45, 7) is 2.16. The molecule has 1 aliphatic rings. The highest BCUT2D eigenvalue weighted by atomic mass is 32.2. The van der Waals surface area contributed by atoms with E-state index in [9.17, 15) is 0 Å². The maximum atomic E-state index is 3.37. The van der Waals surface area contributed by atoms with Crippen molar-refractivity contribution < 1.29 is 0 Å². The van der Waals surface area contributed by atoms with Gasteiger partial charge < -0.3 is 5.32 Å². The Labute approximate surface area is 83.9 Å². The van der Waals surface area contributed by atoms with E-state index >= 15 is 0 Å². The van der Waals surface area contributed by atoms with E-state index in [-0.39, 0.29) is 0 Å². The van der Waals surface area contributed by atoms with Crippen molar-refractivity contribution >= 4 is 11.8 Å². The molecule has 1 aromatic rings. The summed E-state index contributed by atoms with van der Waals surface area (Å²) in [6, 6.07) is 7.33. The van der Waals surface area contributed by atoms with Gasteiger partial charge >= 0.3 is 0 Å². The van der Waals surface area contributed by atoms with Crippen LogP contribution in [-0.4, -0.2) is 12.8 Å². The van der Waals surface area contributed by atoms with Crippen LogP contribution >= 0.6 is 11.8 Å². The van der Waals surface area contributed by atoms with Crippen molar-refractivity contribution in [3.05, 3.63) is 29.3 Å². The van der Waals surface area contributed by atoms with E-state index < -0.39 is 0 Å². The molecule has 1 unspecified atom stereocenters. The van der Waals surface area contributed by atoms with Gasteiger partial charge in [0.2, 0.25) is 0 Å². The van der Waals surface area contributed by atoms with Gasteiger partial charge in [0.1, 0.15) is 0 Å². The molecule has 2 rings (SSSR count). The lowest BCUT2D eigenvalue weighted by Gasteiger charge is -2.24. The summed E-state index contributed by atoms with van der Waals surface area (Å²) in [5.74, 6) is 1.24. The van der Waals surface area contributed by atoms with Crippen LogP contribution in [-0.2, 0) is 0 Å². The number of thioether (sulfide) groups is 1. The zero-order valence-electron chi connectivity index (χ0n) is 8.13. The molecule has 13 heavy (non-hydrogen) atoms. The minimum absolute atomic E-state index is 0.567. The molecule has 1 aliphatic heterocycles. The van der Waals surface area contributed by atoms with Crippen LogP contribution in [0.4, 0.5) is 0 Å². The molecule has 0 aliphatic carbocycles. The van der Waals surface area contributed by atoms with Crippen LogP contribution < -0.4 is 5.32 Å². The number of aryl methyl sites for hydroxylation is 1. The van der Waals surface area contributed by atoms with Crippen LogP contribution in [0.25, 0.3) is 0 Å². The summed E-state index contributed by atoms with van der Waals surface area (Å²) in [5.41, 5.74) is 2.84. The fourth-order valence-corrected chi connectivity index (χ4v) is 3.02. The van der Waals surface area contributed by atoms with Gasteiger partial charge in [0.15, 0.2) is 0 Å². The maximum absolute atomic E-state index is 3.37. The molecule has 0 saturated heterocycles. The molecule has 70 valence electrons. The Kier molecular flexibility index (Phi) is 2.61. The molecule has 1 atom stereocenters. The van der Waals surface area contributed by atoms with Gasteiger partial charge in [0.25, 0.3) is 0 Å². The zero-order chi connectivity index (χ0) is 9.26. The second kappa shape index (κ2) is 3.72. The molecule has 2 heteroatoms. The van der Waals surface area contributed by atoms with E-state index in [0.717, 1.165) is 0 Å². The molecule has 0 aromatic heterocycles. The molecule has 0 radical (unpaired) electrons. The van der Waals surface area contributed by atoms with Gasteiger partial charge in [-0.3, -0.25) is 0 Å². The summed E-state index contributed by atoms with van der Waals surface area (Å²) < 4.78 is 0. The molecule has 0 amide bonds. The molecule has 0 spiro atoms. The monoisotopic (exact) mass is 193 g/mol. The fraction of sp³-hybridized carbons (Fsp3) is 0.455. The number of nitrogens with one attached hydrogen (secondary N) is 1. The van der Waals surface area contributed by atoms with Gasteiger partial charge in [0, 0.05) is 10.9 Å². The predicted octanol–water partition coefficient (Wildman–Crippen LogP) is 2.75. The highest BCUT2D eigenvalue weighted by Gasteiger charge is 2.18. The maximum Gasteiger partial charge on any atom is 0.0336 e. The SMILES string of the molecule is CNC1CCSc2cc(C)ccc21. The molecule has 0 fully saturated rings. The third-order valence-electron chi connectivity index (χ3n) is 2.56. The molecular weight excluding hydrogens is 178 g/mol. The molecule has 1 N–H and O–H groups in total. The second-order valence-corrected chi connectivity index (χ2v) is 4.66. The summed E-state index contributed by atoms with van der Waals surface area (Å²) in [6.07, 6.45) is 1.25. The summed E-state index contributed by atoms with van der Waals surface area (Å²) in [5, 5.41) is 3.37. The van der Waals surface area contributed by atoms with Gasteiger partial charge in [-0.2, -0.15) is 0 Å². The van der Waals surface area contributed by atoms with Crippen molar-refractivity contribution in [2.24, 2.45) is 0 Å². The van der Waals surface area contributed by atoms with Crippen LogP contribution in [0.1, 0.15) is 23.6 Å². The van der Waals surface area contributed by atoms with Crippen LogP contribution in [0, 0.1) is 6.92 Å². The topological polar surface area (TPSA) is 12.0 Å². The zero-order valence-corrected chi connectivity index (χ0v) is 8.95. The predicted molar refractivity (Wildman–Crippen MR) is 58.3 cm³/mol. The van der Waals surface area contributed by atoms with E-state index in [1.807, 2.05) is 18.8 Å². The first-order valence-corrected chi connectivity index (χ1v) is 5.70. The lowest BCUT2D eigenvalue weighted by molar-refractivity contribution is 0.565. The molecule has 1 nitrogen and oxygen atoms in total. The van der Waals surface area contributed by atoms with Crippen molar-refractivity contribution in [1.29, 1.82) is 0 Å². The third-order valence-corrected chi connectivity index (χ3v) is 3.66. The molecule has 0 bridgehead atoms. The van der Waals surface area contributed by atoms with Gasteiger partial charge in [-0.15, -0.1) is 11.8 Å². The Bertz CT molecular complexity index is 309. The van der Waals surface area contributed by atoms with Gasteiger partial charge in [-0.25, -0.2) is 0 Å². The van der Waals surface area contributed by atoms with Crippen molar-refractivity contribution in [2.75, 3.05) is 12.8 Å². The Morgan fingerprint density at radius 1 is 1.46 bits per heavy atom. The first kappa shape index (κ1) is 9.10. The largest absolute Gasteiger partial charge is 0.313 e. The average molecular weight is 193 g/mol. The Balaban J connectivity index is 2.40. The number of fused-ring (bicyclic) bond motifs is 1. The van der Waals surface area contributed by atoms with Crippen LogP contribution in [0.2, 0.25) is 0 Å². The highest BCUT2D eigenvalue weighted by molar-refractivity contribution is 7.99. The average Bonchev–Trinajstić information content (AvgIpc) is 2.16. The lowest BCUT2D eigenvalue weighted by Crippen LogP contribution is -2.20. The van der Waals surface area contributed by atoms with Crippen LogP contribution in [0.3, 0.4) is 0 Å². The van der Waals surface area contributed by atoms with E-state index in [1.165, 1.54) is 28.2 Å². The van der Waals surface area contributed by atoms with Crippen molar-refractivity contribution in [1.82, 2.24) is 5.32 Å². The number of rotatable bonds is 1. The number of hydrogen-bond donors (Lipinski definition) is 1. The van der Waals surface area contributed by atoms with Crippen molar-refractivity contribution in [2.45, 2.75) is 24.3 Å². The fourth-order valence-electron chi connectivity index (χ4n) is 1.80. The summed E-state index contributed by atoms with van der Waals surface area (Å²) in [4.78, 5) is 1.46. The van der Waals surface area contributed by atoms with E-state index in [2.05, 4.69) is 30.4 Å².